The molecule has 22 nitrogen and oxygen atoms in total. The topological polar surface area (TPSA) is 278 Å². The van der Waals surface area contributed by atoms with Crippen LogP contribution in [0, 0.1) is 0 Å². The summed E-state index contributed by atoms with van der Waals surface area (Å²) in [5.41, 5.74) is -4.10. The molecule has 22 heteroatoms. The van der Waals surface area contributed by atoms with E-state index in [1.54, 1.807) is 138 Å². The van der Waals surface area contributed by atoms with Crippen molar-refractivity contribution < 1.29 is 67.1 Å². The lowest BCUT2D eigenvalue weighted by Crippen LogP contribution is -2.53. The maximum atomic E-state index is 13.4. The third kappa shape index (κ3) is 26.7. The molecule has 0 radical (unpaired) electrons. The zero-order valence-corrected chi connectivity index (χ0v) is 44.5. The Kier molecular flexibility index (Phi) is 22.7. The van der Waals surface area contributed by atoms with Crippen molar-refractivity contribution in [3.8, 4) is 0 Å². The Morgan fingerprint density at radius 1 is 0.535 bits per heavy atom. The summed E-state index contributed by atoms with van der Waals surface area (Å²) in [4.78, 5) is 115. The number of rotatable bonds is 25. The van der Waals surface area contributed by atoms with E-state index in [0.29, 0.717) is 31.0 Å². The highest BCUT2D eigenvalue weighted by Gasteiger charge is 2.32. The second kappa shape index (κ2) is 26.4. The van der Waals surface area contributed by atoms with Gasteiger partial charge in [0.05, 0.1) is 13.1 Å². The molecular weight excluding hydrogens is 925 g/mol. The summed E-state index contributed by atoms with van der Waals surface area (Å²) in [6.07, 6.45) is 6.15. The number of nitrogens with zero attached hydrogens (tertiary/aromatic N) is 5. The van der Waals surface area contributed by atoms with Gasteiger partial charge in [-0.1, -0.05) is 0 Å². The summed E-state index contributed by atoms with van der Waals surface area (Å²) >= 11 is 0. The van der Waals surface area contributed by atoms with Crippen molar-refractivity contribution in [2.45, 2.75) is 221 Å². The fourth-order valence-electron chi connectivity index (χ4n) is 6.65. The first kappa shape index (κ1) is 61.1. The zero-order chi connectivity index (χ0) is 54.1. The van der Waals surface area contributed by atoms with Crippen LogP contribution in [0.25, 0.3) is 0 Å². The molecule has 0 aliphatic rings. The first-order chi connectivity index (χ1) is 32.5. The quantitative estimate of drug-likeness (QED) is 0.0570. The van der Waals surface area contributed by atoms with Gasteiger partial charge in [0.2, 0.25) is 5.91 Å². The van der Waals surface area contributed by atoms with Gasteiger partial charge in [-0.05, 0) is 143 Å². The Bertz CT molecular complexity index is 2040. The average Bonchev–Trinajstić information content (AvgIpc) is 3.80. The van der Waals surface area contributed by atoms with Crippen molar-refractivity contribution in [2.24, 2.45) is 0 Å². The Labute approximate surface area is 418 Å². The molecule has 0 unspecified atom stereocenters. The first-order valence-corrected chi connectivity index (χ1v) is 23.9. The van der Waals surface area contributed by atoms with Crippen molar-refractivity contribution in [3.63, 3.8) is 0 Å². The number of hydrogen-bond donors (Lipinski definition) is 4. The fraction of sp³-hybridized carbons (Fsp3) is 0.714. The summed E-state index contributed by atoms with van der Waals surface area (Å²) in [6.45, 7) is 26.2. The average molecular weight is 1010 g/mol. The zero-order valence-electron chi connectivity index (χ0n) is 44.5. The molecule has 0 aliphatic carbocycles. The standard InChI is InChI=1S/C49H80N8O14/c1-45(2,3)67-38(59)22-20-34(43(65)71-49(13,14)15)54-44(66)53-33(42(64)70-48(10,11)12)19-21-37(58)52-32(41(62)63)18-16-17-25-55(28-35-50-23-26-56(35)30-39(60)68-46(4,5)6)29-36-51-24-27-57(36)31-40(61)69-47(7,8)9/h23-24,26-27,32-34H,16-22,25,28-31H2,1-15H3,(H,52,58)(H,62,63)(H2,53,54,66)/t32-,33+,34+/m1/s1. The normalized spacial score (nSPS) is 13.6. The SMILES string of the molecule is CC(C)(C)OC(=O)CC[C@H](NC(=O)N[C@@H](CCC(=O)N[C@H](CCCCN(Cc1nccn1CC(=O)OC(C)(C)C)Cc1nccn1CC(=O)OC(C)(C)C)C(=O)O)C(=O)OC(C)(C)C)C(=O)OC(C)(C)C. The molecule has 0 saturated carbocycles. The Hall–Kier alpha value is -6.06. The van der Waals surface area contributed by atoms with E-state index in [4.69, 9.17) is 23.7 Å². The highest BCUT2D eigenvalue weighted by Crippen LogP contribution is 2.18. The molecule has 0 aromatic carbocycles. The van der Waals surface area contributed by atoms with Crippen LogP contribution in [0.4, 0.5) is 4.79 Å². The Balaban J connectivity index is 2.20. The number of urea groups is 1. The molecule has 0 spiro atoms. The van der Waals surface area contributed by atoms with Crippen molar-refractivity contribution in [1.29, 1.82) is 0 Å². The summed E-state index contributed by atoms with van der Waals surface area (Å²) in [6, 6.07) is -5.05. The number of esters is 5. The molecule has 0 saturated heterocycles. The van der Waals surface area contributed by atoms with Gasteiger partial charge in [0.25, 0.3) is 0 Å². The number of aromatic nitrogens is 4. The Morgan fingerprint density at radius 2 is 0.930 bits per heavy atom. The van der Waals surface area contributed by atoms with Crippen LogP contribution in [0.1, 0.15) is 160 Å². The molecule has 3 amide bonds. The van der Waals surface area contributed by atoms with Gasteiger partial charge < -0.3 is 53.9 Å². The number of aliphatic carboxylic acids is 1. The molecule has 0 fully saturated rings. The minimum Gasteiger partial charge on any atom is -0.480 e. The molecule has 4 N–H and O–H groups in total. The number of imidazole rings is 2. The van der Waals surface area contributed by atoms with E-state index in [0.717, 1.165) is 0 Å². The number of carboxylic acid groups (broad SMARTS) is 1. The van der Waals surface area contributed by atoms with Crippen LogP contribution in [0.15, 0.2) is 24.8 Å². The van der Waals surface area contributed by atoms with Crippen molar-refractivity contribution in [2.75, 3.05) is 6.54 Å². The lowest BCUT2D eigenvalue weighted by molar-refractivity contribution is -0.159. The van der Waals surface area contributed by atoms with Crippen molar-refractivity contribution in [3.05, 3.63) is 36.4 Å². The molecule has 2 aromatic heterocycles. The van der Waals surface area contributed by atoms with Crippen LogP contribution in [0.3, 0.4) is 0 Å². The first-order valence-electron chi connectivity index (χ1n) is 23.9. The van der Waals surface area contributed by atoms with E-state index in [9.17, 15) is 43.5 Å². The Morgan fingerprint density at radius 3 is 1.32 bits per heavy atom. The van der Waals surface area contributed by atoms with Gasteiger partial charge in [-0.15, -0.1) is 0 Å². The van der Waals surface area contributed by atoms with E-state index in [1.807, 2.05) is 4.90 Å². The van der Waals surface area contributed by atoms with Gasteiger partial charge in [-0.3, -0.25) is 24.1 Å². The number of nitrogens with one attached hydrogen (secondary N) is 3. The number of ether oxygens (including phenoxy) is 5. The largest absolute Gasteiger partial charge is 0.480 e. The molecule has 71 heavy (non-hydrogen) atoms. The van der Waals surface area contributed by atoms with E-state index in [-0.39, 0.29) is 51.9 Å². The molecule has 2 heterocycles. The maximum absolute atomic E-state index is 13.4. The highest BCUT2D eigenvalue weighted by molar-refractivity contribution is 5.88. The van der Waals surface area contributed by atoms with Crippen LogP contribution in [0.2, 0.25) is 0 Å². The second-order valence-corrected chi connectivity index (χ2v) is 22.2. The third-order valence-electron chi connectivity index (χ3n) is 9.33. The molecule has 2 aromatic rings. The number of carboxylic acids is 1. The van der Waals surface area contributed by atoms with Crippen LogP contribution in [0.5, 0.6) is 0 Å². The lowest BCUT2D eigenvalue weighted by atomic mass is 10.1. The van der Waals surface area contributed by atoms with Crippen LogP contribution >= 0.6 is 0 Å². The summed E-state index contributed by atoms with van der Waals surface area (Å²) in [7, 11) is 0. The minimum atomic E-state index is -1.42. The van der Waals surface area contributed by atoms with Gasteiger partial charge >= 0.3 is 41.8 Å². The van der Waals surface area contributed by atoms with E-state index in [1.165, 1.54) is 0 Å². The summed E-state index contributed by atoms with van der Waals surface area (Å²) in [5.74, 6) is -4.12. The van der Waals surface area contributed by atoms with Gasteiger partial charge in [0.15, 0.2) is 0 Å². The fourth-order valence-corrected chi connectivity index (χ4v) is 6.65. The molecule has 0 bridgehead atoms. The highest BCUT2D eigenvalue weighted by atomic mass is 16.6. The van der Waals surface area contributed by atoms with Crippen molar-refractivity contribution in [1.82, 2.24) is 40.0 Å². The molecular formula is C49H80N8O14. The lowest BCUT2D eigenvalue weighted by Gasteiger charge is -2.27. The van der Waals surface area contributed by atoms with Gasteiger partial charge in [-0.25, -0.2) is 29.1 Å². The van der Waals surface area contributed by atoms with E-state index >= 15 is 0 Å². The number of hydrogen-bond acceptors (Lipinski definition) is 16. The number of carbonyl (C=O) groups excluding carboxylic acids is 7. The van der Waals surface area contributed by atoms with Crippen LogP contribution in [-0.4, -0.2) is 130 Å². The minimum absolute atomic E-state index is 0.0287. The summed E-state index contributed by atoms with van der Waals surface area (Å²) in [5, 5.41) is 17.6. The van der Waals surface area contributed by atoms with E-state index in [2.05, 4.69) is 25.9 Å². The van der Waals surface area contributed by atoms with Gasteiger partial charge in [0.1, 0.15) is 70.9 Å². The van der Waals surface area contributed by atoms with Gasteiger partial charge in [-0.2, -0.15) is 0 Å². The number of amides is 3. The predicted octanol–water partition coefficient (Wildman–Crippen LogP) is 5.13. The van der Waals surface area contributed by atoms with Crippen LogP contribution < -0.4 is 16.0 Å². The number of unbranched alkanes of at least 4 members (excludes halogenated alkanes) is 1. The second-order valence-electron chi connectivity index (χ2n) is 22.2. The molecule has 0 aliphatic heterocycles. The third-order valence-corrected chi connectivity index (χ3v) is 9.33. The van der Waals surface area contributed by atoms with Crippen molar-refractivity contribution >= 4 is 47.8 Å². The van der Waals surface area contributed by atoms with Crippen LogP contribution in [-0.2, 0) is 83.4 Å². The van der Waals surface area contributed by atoms with E-state index < -0.39 is 100 Å². The number of carbonyl (C=O) groups is 8. The van der Waals surface area contributed by atoms with Gasteiger partial charge in [0, 0.05) is 37.6 Å². The monoisotopic (exact) mass is 1000 g/mol. The smallest absolute Gasteiger partial charge is 0.329 e. The molecule has 2 rings (SSSR count). The maximum Gasteiger partial charge on any atom is 0.329 e. The predicted molar refractivity (Wildman–Crippen MR) is 259 cm³/mol. The summed E-state index contributed by atoms with van der Waals surface area (Å²) < 4.78 is 30.7. The molecule has 3 atom stereocenters. The molecule has 400 valence electrons.